The second-order valence-corrected chi connectivity index (χ2v) is 5.44. The average molecular weight is 227 g/mol. The Morgan fingerprint density at radius 1 is 1.06 bits per heavy atom. The van der Waals surface area contributed by atoms with E-state index in [0.29, 0.717) is 5.41 Å². The first kappa shape index (κ1) is 10.9. The molecule has 0 saturated heterocycles. The highest BCUT2D eigenvalue weighted by molar-refractivity contribution is 5.41. The lowest BCUT2D eigenvalue weighted by atomic mass is 9.62. The Hall–Kier alpha value is -1.24. The van der Waals surface area contributed by atoms with Crippen LogP contribution in [0.5, 0.6) is 0 Å². The van der Waals surface area contributed by atoms with Crippen LogP contribution in [0.4, 0.5) is 0 Å². The Labute approximate surface area is 104 Å². The molecule has 2 aliphatic rings. The van der Waals surface area contributed by atoms with Gasteiger partial charge in [-0.25, -0.2) is 0 Å². The molecule has 1 aliphatic carbocycles. The van der Waals surface area contributed by atoms with Crippen LogP contribution in [-0.2, 0) is 5.41 Å². The van der Waals surface area contributed by atoms with Gasteiger partial charge in [0.05, 0.1) is 0 Å². The largest absolute Gasteiger partial charge is 0.389 e. The van der Waals surface area contributed by atoms with Gasteiger partial charge in [-0.2, -0.15) is 0 Å². The van der Waals surface area contributed by atoms with E-state index < -0.39 is 0 Å². The van der Waals surface area contributed by atoms with Gasteiger partial charge in [0.25, 0.3) is 0 Å². The van der Waals surface area contributed by atoms with E-state index in [1.54, 1.807) is 5.57 Å². The van der Waals surface area contributed by atoms with Crippen molar-refractivity contribution < 1.29 is 0 Å². The minimum Gasteiger partial charge on any atom is -0.389 e. The molecule has 1 heteroatoms. The van der Waals surface area contributed by atoms with Crippen LogP contribution in [0.2, 0.25) is 0 Å². The van der Waals surface area contributed by atoms with Crippen molar-refractivity contribution in [1.82, 2.24) is 5.32 Å². The molecule has 1 nitrogen and oxygen atoms in total. The van der Waals surface area contributed by atoms with E-state index in [9.17, 15) is 0 Å². The second-order valence-electron chi connectivity index (χ2n) is 5.44. The summed E-state index contributed by atoms with van der Waals surface area (Å²) in [5, 5.41) is 3.56. The summed E-state index contributed by atoms with van der Waals surface area (Å²) < 4.78 is 0. The summed E-state index contributed by atoms with van der Waals surface area (Å²) in [6, 6.07) is 11.1. The maximum absolute atomic E-state index is 3.56. The Bertz CT molecular complexity index is 432. The number of fused-ring (bicyclic) bond motifs is 1. The van der Waals surface area contributed by atoms with E-state index in [2.05, 4.69) is 42.6 Å². The highest BCUT2D eigenvalue weighted by Gasteiger charge is 2.40. The Kier molecular flexibility index (Phi) is 2.70. The van der Waals surface area contributed by atoms with E-state index in [4.69, 9.17) is 0 Å². The normalized spacial score (nSPS) is 28.5. The monoisotopic (exact) mass is 227 g/mol. The zero-order valence-corrected chi connectivity index (χ0v) is 10.6. The minimum absolute atomic E-state index is 0.356. The van der Waals surface area contributed by atoms with Gasteiger partial charge in [-0.05, 0) is 43.7 Å². The van der Waals surface area contributed by atoms with Crippen LogP contribution in [-0.4, -0.2) is 6.54 Å². The van der Waals surface area contributed by atoms with Gasteiger partial charge in [0.15, 0.2) is 0 Å². The van der Waals surface area contributed by atoms with Crippen LogP contribution in [0.3, 0.4) is 0 Å². The Morgan fingerprint density at radius 2 is 1.88 bits per heavy atom. The number of nitrogens with one attached hydrogen (secondary N) is 1. The number of hydrogen-bond acceptors (Lipinski definition) is 1. The quantitative estimate of drug-likeness (QED) is 0.770. The van der Waals surface area contributed by atoms with Crippen LogP contribution >= 0.6 is 0 Å². The van der Waals surface area contributed by atoms with Crippen molar-refractivity contribution in [3.05, 3.63) is 47.2 Å². The molecule has 0 bridgehead atoms. The lowest BCUT2D eigenvalue weighted by Gasteiger charge is -2.45. The van der Waals surface area contributed by atoms with E-state index >= 15 is 0 Å². The molecule has 1 fully saturated rings. The van der Waals surface area contributed by atoms with Gasteiger partial charge in [-0.1, -0.05) is 36.8 Å². The highest BCUT2D eigenvalue weighted by Crippen LogP contribution is 2.48. The van der Waals surface area contributed by atoms with Gasteiger partial charge in [-0.3, -0.25) is 0 Å². The maximum atomic E-state index is 3.56. The molecule has 1 aromatic carbocycles. The van der Waals surface area contributed by atoms with E-state index in [-0.39, 0.29) is 0 Å². The van der Waals surface area contributed by atoms with Crippen molar-refractivity contribution >= 4 is 0 Å². The summed E-state index contributed by atoms with van der Waals surface area (Å²) in [6.07, 6.45) is 6.64. The van der Waals surface area contributed by atoms with Crippen molar-refractivity contribution in [3.63, 3.8) is 0 Å². The summed E-state index contributed by atoms with van der Waals surface area (Å²) in [5.41, 5.74) is 5.02. The summed E-state index contributed by atoms with van der Waals surface area (Å²) in [6.45, 7) is 3.39. The van der Waals surface area contributed by atoms with E-state index in [1.165, 1.54) is 43.4 Å². The molecule has 0 amide bonds. The zero-order chi connectivity index (χ0) is 11.7. The van der Waals surface area contributed by atoms with Crippen LogP contribution < -0.4 is 5.32 Å². The smallest absolute Gasteiger partial charge is 0.0198 e. The first-order valence-corrected chi connectivity index (χ1v) is 6.82. The summed E-state index contributed by atoms with van der Waals surface area (Å²) >= 11 is 0. The third kappa shape index (κ3) is 1.69. The fourth-order valence-corrected chi connectivity index (χ4v) is 3.73. The molecule has 1 saturated carbocycles. The van der Waals surface area contributed by atoms with Crippen LogP contribution in [0, 0.1) is 0 Å². The lowest BCUT2D eigenvalue weighted by molar-refractivity contribution is 0.331. The summed E-state index contributed by atoms with van der Waals surface area (Å²) in [4.78, 5) is 0. The van der Waals surface area contributed by atoms with Gasteiger partial charge in [0.1, 0.15) is 0 Å². The standard InChI is InChI=1S/C16H21N/c1-13-15-9-5-6-10-16(15,11-12-17-13)14-7-3-2-4-8-14/h2-4,7-8,17H,5-6,9-12H2,1H3. The van der Waals surface area contributed by atoms with Gasteiger partial charge < -0.3 is 5.32 Å². The van der Waals surface area contributed by atoms with Gasteiger partial charge in [0.2, 0.25) is 0 Å². The molecule has 1 atom stereocenters. The molecular weight excluding hydrogens is 206 g/mol. The molecule has 0 radical (unpaired) electrons. The predicted molar refractivity (Wildman–Crippen MR) is 71.9 cm³/mol. The Balaban J connectivity index is 2.11. The highest BCUT2D eigenvalue weighted by atomic mass is 14.9. The van der Waals surface area contributed by atoms with Gasteiger partial charge >= 0.3 is 0 Å². The van der Waals surface area contributed by atoms with Gasteiger partial charge in [0, 0.05) is 17.7 Å². The number of rotatable bonds is 1. The third-order valence-electron chi connectivity index (χ3n) is 4.58. The number of benzene rings is 1. The van der Waals surface area contributed by atoms with Crippen molar-refractivity contribution in [2.45, 2.75) is 44.4 Å². The first-order valence-electron chi connectivity index (χ1n) is 6.82. The molecule has 90 valence electrons. The maximum Gasteiger partial charge on any atom is 0.0198 e. The zero-order valence-electron chi connectivity index (χ0n) is 10.6. The average Bonchev–Trinajstić information content (AvgIpc) is 2.40. The van der Waals surface area contributed by atoms with E-state index in [0.717, 1.165) is 6.54 Å². The first-order chi connectivity index (χ1) is 8.33. The molecule has 3 rings (SSSR count). The summed E-state index contributed by atoms with van der Waals surface area (Å²) in [5.74, 6) is 0. The van der Waals surface area contributed by atoms with Crippen molar-refractivity contribution in [3.8, 4) is 0 Å². The molecule has 1 aliphatic heterocycles. The topological polar surface area (TPSA) is 12.0 Å². The van der Waals surface area contributed by atoms with Gasteiger partial charge in [-0.15, -0.1) is 0 Å². The summed E-state index contributed by atoms with van der Waals surface area (Å²) in [7, 11) is 0. The molecule has 1 unspecified atom stereocenters. The Morgan fingerprint density at radius 3 is 2.71 bits per heavy atom. The molecule has 1 aromatic rings. The third-order valence-corrected chi connectivity index (χ3v) is 4.58. The molecule has 0 aromatic heterocycles. The van der Waals surface area contributed by atoms with Crippen LogP contribution in [0.25, 0.3) is 0 Å². The SMILES string of the molecule is CC1=C2CCCCC2(c2ccccc2)CCN1. The van der Waals surface area contributed by atoms with E-state index in [1.807, 2.05) is 0 Å². The lowest BCUT2D eigenvalue weighted by Crippen LogP contribution is -2.41. The fraction of sp³-hybridized carbons (Fsp3) is 0.500. The predicted octanol–water partition coefficient (Wildman–Crippen LogP) is 3.77. The minimum atomic E-state index is 0.356. The molecule has 1 heterocycles. The number of allylic oxidation sites excluding steroid dienone is 2. The second kappa shape index (κ2) is 4.21. The molecule has 0 spiro atoms. The van der Waals surface area contributed by atoms with Crippen molar-refractivity contribution in [2.75, 3.05) is 6.54 Å². The fourth-order valence-electron chi connectivity index (χ4n) is 3.73. The molecule has 1 N–H and O–H groups in total. The molecule has 17 heavy (non-hydrogen) atoms. The number of hydrogen-bond donors (Lipinski definition) is 1. The molecular formula is C16H21N. The van der Waals surface area contributed by atoms with Crippen molar-refractivity contribution in [2.24, 2.45) is 0 Å². The van der Waals surface area contributed by atoms with Crippen LogP contribution in [0.15, 0.2) is 41.6 Å². The van der Waals surface area contributed by atoms with Crippen molar-refractivity contribution in [1.29, 1.82) is 0 Å². The van der Waals surface area contributed by atoms with Crippen LogP contribution in [0.1, 0.15) is 44.6 Å².